The Morgan fingerprint density at radius 2 is 2.22 bits per heavy atom. The number of carbonyl (C=O) groups is 2. The van der Waals surface area contributed by atoms with E-state index in [1.807, 2.05) is 0 Å². The van der Waals surface area contributed by atoms with E-state index in [1.165, 1.54) is 0 Å². The van der Waals surface area contributed by atoms with Crippen molar-refractivity contribution in [2.45, 2.75) is 19.8 Å². The Morgan fingerprint density at radius 3 is 2.94 bits per heavy atom. The van der Waals surface area contributed by atoms with Gasteiger partial charge in [0.1, 0.15) is 0 Å². The maximum atomic E-state index is 11.6. The Morgan fingerprint density at radius 1 is 1.44 bits per heavy atom. The van der Waals surface area contributed by atoms with Crippen molar-refractivity contribution < 1.29 is 19.1 Å². The molecule has 4 heteroatoms. The Bertz CT molecular complexity index is 414. The first-order valence-electron chi connectivity index (χ1n) is 6.57. The number of ether oxygens (including phenoxy) is 2. The molecule has 0 aromatic heterocycles. The molecular weight excluding hydrogens is 232 g/mol. The average Bonchev–Trinajstić information content (AvgIpc) is 2.98. The minimum atomic E-state index is -0.312. The van der Waals surface area contributed by atoms with E-state index in [-0.39, 0.29) is 17.9 Å². The van der Waals surface area contributed by atoms with E-state index in [0.29, 0.717) is 42.5 Å². The van der Waals surface area contributed by atoms with Gasteiger partial charge in [0, 0.05) is 11.5 Å². The molecule has 0 amide bonds. The van der Waals surface area contributed by atoms with Gasteiger partial charge >= 0.3 is 11.9 Å². The third-order valence-corrected chi connectivity index (χ3v) is 4.77. The van der Waals surface area contributed by atoms with Crippen molar-refractivity contribution in [2.75, 3.05) is 13.2 Å². The van der Waals surface area contributed by atoms with Gasteiger partial charge in [0.15, 0.2) is 0 Å². The Labute approximate surface area is 106 Å². The Hall–Kier alpha value is -1.32. The van der Waals surface area contributed by atoms with Crippen LogP contribution in [0.4, 0.5) is 0 Å². The highest BCUT2D eigenvalue weighted by molar-refractivity contribution is 5.86. The van der Waals surface area contributed by atoms with E-state index >= 15 is 0 Å². The second-order valence-electron chi connectivity index (χ2n) is 5.85. The minimum absolute atomic E-state index is 0.00937. The van der Waals surface area contributed by atoms with Crippen LogP contribution in [-0.4, -0.2) is 25.2 Å². The van der Waals surface area contributed by atoms with Crippen LogP contribution in [0.25, 0.3) is 0 Å². The Kier molecular flexibility index (Phi) is 2.68. The lowest BCUT2D eigenvalue weighted by molar-refractivity contribution is -0.143. The molecule has 1 heterocycles. The molecule has 5 unspecified atom stereocenters. The number of hydrogen-bond donors (Lipinski definition) is 0. The predicted molar refractivity (Wildman–Crippen MR) is 63.4 cm³/mol. The number of esters is 2. The molecule has 18 heavy (non-hydrogen) atoms. The largest absolute Gasteiger partial charge is 0.465 e. The van der Waals surface area contributed by atoms with Crippen LogP contribution in [0.2, 0.25) is 0 Å². The van der Waals surface area contributed by atoms with E-state index in [0.717, 1.165) is 12.8 Å². The standard InChI is InChI=1S/C14H18O4/c1-7(2)13(15)17-5-9-3-8-4-10(9)11-6-18-14(16)12(8)11/h8-12H,1,3-6H2,2H3. The average molecular weight is 250 g/mol. The van der Waals surface area contributed by atoms with Gasteiger partial charge < -0.3 is 9.47 Å². The van der Waals surface area contributed by atoms with Crippen LogP contribution in [0.1, 0.15) is 19.8 Å². The summed E-state index contributed by atoms with van der Waals surface area (Å²) in [7, 11) is 0. The van der Waals surface area contributed by atoms with Crippen molar-refractivity contribution in [1.29, 1.82) is 0 Å². The molecule has 5 atom stereocenters. The number of carbonyl (C=O) groups excluding carboxylic acids is 2. The minimum Gasteiger partial charge on any atom is -0.465 e. The van der Waals surface area contributed by atoms with Crippen LogP contribution in [0, 0.1) is 29.6 Å². The molecule has 0 aromatic rings. The van der Waals surface area contributed by atoms with Gasteiger partial charge in [-0.25, -0.2) is 4.79 Å². The molecule has 3 aliphatic rings. The van der Waals surface area contributed by atoms with E-state index in [1.54, 1.807) is 6.92 Å². The van der Waals surface area contributed by atoms with Crippen molar-refractivity contribution in [3.05, 3.63) is 12.2 Å². The fourth-order valence-corrected chi connectivity index (χ4v) is 4.00. The summed E-state index contributed by atoms with van der Waals surface area (Å²) in [5.41, 5.74) is 0.440. The summed E-state index contributed by atoms with van der Waals surface area (Å²) >= 11 is 0. The lowest BCUT2D eigenvalue weighted by Crippen LogP contribution is -2.31. The first-order chi connectivity index (χ1) is 8.58. The van der Waals surface area contributed by atoms with Crippen LogP contribution < -0.4 is 0 Å². The van der Waals surface area contributed by atoms with E-state index in [2.05, 4.69) is 6.58 Å². The number of hydrogen-bond acceptors (Lipinski definition) is 4. The lowest BCUT2D eigenvalue weighted by Gasteiger charge is -2.28. The summed E-state index contributed by atoms with van der Waals surface area (Å²) in [4.78, 5) is 23.0. The van der Waals surface area contributed by atoms with Gasteiger partial charge in [0.2, 0.25) is 0 Å². The maximum absolute atomic E-state index is 11.6. The summed E-state index contributed by atoms with van der Waals surface area (Å²) in [6.45, 7) is 6.26. The van der Waals surface area contributed by atoms with Crippen molar-refractivity contribution in [1.82, 2.24) is 0 Å². The van der Waals surface area contributed by atoms with Crippen LogP contribution in [-0.2, 0) is 19.1 Å². The van der Waals surface area contributed by atoms with Gasteiger partial charge in [-0.05, 0) is 37.5 Å². The normalized spacial score (nSPS) is 40.5. The van der Waals surface area contributed by atoms with E-state index in [4.69, 9.17) is 9.47 Å². The SMILES string of the molecule is C=C(C)C(=O)OCC1CC2CC1C1COC(=O)C21. The molecule has 3 rings (SSSR count). The summed E-state index contributed by atoms with van der Waals surface area (Å²) in [5, 5.41) is 0. The first kappa shape index (κ1) is 11.8. The van der Waals surface area contributed by atoms with Gasteiger partial charge in [-0.1, -0.05) is 6.58 Å². The summed E-state index contributed by atoms with van der Waals surface area (Å²) in [6, 6.07) is 0. The van der Waals surface area contributed by atoms with Gasteiger partial charge in [0.05, 0.1) is 19.1 Å². The van der Waals surface area contributed by atoms with Crippen molar-refractivity contribution in [3.63, 3.8) is 0 Å². The van der Waals surface area contributed by atoms with Crippen molar-refractivity contribution in [2.24, 2.45) is 29.6 Å². The highest BCUT2D eigenvalue weighted by Gasteiger charge is 2.58. The zero-order valence-corrected chi connectivity index (χ0v) is 10.6. The highest BCUT2D eigenvalue weighted by atomic mass is 16.5. The number of fused-ring (bicyclic) bond motifs is 5. The van der Waals surface area contributed by atoms with E-state index in [9.17, 15) is 9.59 Å². The molecule has 2 aliphatic carbocycles. The molecular formula is C14H18O4. The van der Waals surface area contributed by atoms with Gasteiger partial charge in [-0.2, -0.15) is 0 Å². The first-order valence-corrected chi connectivity index (χ1v) is 6.57. The van der Waals surface area contributed by atoms with Crippen LogP contribution in [0.5, 0.6) is 0 Å². The van der Waals surface area contributed by atoms with Gasteiger partial charge in [-0.3, -0.25) is 4.79 Å². The monoisotopic (exact) mass is 250 g/mol. The van der Waals surface area contributed by atoms with Gasteiger partial charge in [0.25, 0.3) is 0 Å². The topological polar surface area (TPSA) is 52.6 Å². The molecule has 98 valence electrons. The molecule has 4 nitrogen and oxygen atoms in total. The molecule has 2 saturated carbocycles. The lowest BCUT2D eigenvalue weighted by atomic mass is 9.76. The van der Waals surface area contributed by atoms with Crippen LogP contribution in [0.3, 0.4) is 0 Å². The zero-order chi connectivity index (χ0) is 12.9. The third-order valence-electron chi connectivity index (χ3n) is 4.77. The summed E-state index contributed by atoms with van der Waals surface area (Å²) < 4.78 is 10.4. The fraction of sp³-hybridized carbons (Fsp3) is 0.714. The fourth-order valence-electron chi connectivity index (χ4n) is 4.00. The second kappa shape index (κ2) is 4.11. The highest BCUT2D eigenvalue weighted by Crippen LogP contribution is 2.57. The van der Waals surface area contributed by atoms with Crippen molar-refractivity contribution >= 4 is 11.9 Å². The zero-order valence-electron chi connectivity index (χ0n) is 10.6. The molecule has 2 bridgehead atoms. The molecule has 1 saturated heterocycles. The quantitative estimate of drug-likeness (QED) is 0.563. The number of rotatable bonds is 3. The second-order valence-corrected chi connectivity index (χ2v) is 5.85. The molecule has 1 aliphatic heterocycles. The van der Waals surface area contributed by atoms with Crippen molar-refractivity contribution in [3.8, 4) is 0 Å². The predicted octanol–water partition coefficient (Wildman–Crippen LogP) is 1.55. The molecule has 0 radical (unpaired) electrons. The summed E-state index contributed by atoms with van der Waals surface area (Å²) in [5.74, 6) is 1.51. The number of cyclic esters (lactones) is 1. The maximum Gasteiger partial charge on any atom is 0.333 e. The third kappa shape index (κ3) is 1.66. The van der Waals surface area contributed by atoms with Gasteiger partial charge in [-0.15, -0.1) is 0 Å². The smallest absolute Gasteiger partial charge is 0.333 e. The van der Waals surface area contributed by atoms with Crippen LogP contribution in [0.15, 0.2) is 12.2 Å². The molecule has 0 aromatic carbocycles. The molecule has 0 N–H and O–H groups in total. The molecule has 0 spiro atoms. The van der Waals surface area contributed by atoms with E-state index < -0.39 is 0 Å². The Balaban J connectivity index is 1.60. The summed E-state index contributed by atoms with van der Waals surface area (Å²) in [6.07, 6.45) is 2.09. The van der Waals surface area contributed by atoms with Crippen LogP contribution >= 0.6 is 0 Å². The molecule has 3 fully saturated rings.